The van der Waals surface area contributed by atoms with Crippen LogP contribution < -0.4 is 4.90 Å². The molecule has 0 aliphatic carbocycles. The number of hydrogen-bond acceptors (Lipinski definition) is 3. The minimum atomic E-state index is -4.85. The molecule has 0 bridgehead atoms. The summed E-state index contributed by atoms with van der Waals surface area (Å²) in [6.07, 6.45) is -9.56. The summed E-state index contributed by atoms with van der Waals surface area (Å²) in [5.41, 5.74) is -1.44. The van der Waals surface area contributed by atoms with E-state index in [1.54, 1.807) is 13.8 Å². The van der Waals surface area contributed by atoms with Crippen molar-refractivity contribution in [3.8, 4) is 5.69 Å². The van der Waals surface area contributed by atoms with Crippen molar-refractivity contribution in [2.45, 2.75) is 26.2 Å². The molecule has 26 heavy (non-hydrogen) atoms. The predicted octanol–water partition coefficient (Wildman–Crippen LogP) is 5.46. The minimum absolute atomic E-state index is 0.231. The molecule has 0 atom stereocenters. The fraction of sp³-hybridized carbons (Fsp3) is 0.429. The average molecular weight is 421 g/mol. The maximum Gasteiger partial charge on any atom is 0.453 e. The van der Waals surface area contributed by atoms with E-state index in [4.69, 9.17) is 23.2 Å². The Balaban J connectivity index is 2.73. The lowest BCUT2D eigenvalue weighted by molar-refractivity contribution is -0.144. The van der Waals surface area contributed by atoms with Gasteiger partial charge >= 0.3 is 12.4 Å². The van der Waals surface area contributed by atoms with Gasteiger partial charge in [-0.25, -0.2) is 0 Å². The van der Waals surface area contributed by atoms with Gasteiger partial charge in [0.25, 0.3) is 5.82 Å². The van der Waals surface area contributed by atoms with Crippen molar-refractivity contribution in [2.24, 2.45) is 0 Å². The van der Waals surface area contributed by atoms with Crippen LogP contribution in [0.15, 0.2) is 12.1 Å². The van der Waals surface area contributed by atoms with Crippen molar-refractivity contribution in [2.75, 3.05) is 18.0 Å². The molecule has 0 N–H and O–H groups in total. The molecule has 0 saturated heterocycles. The van der Waals surface area contributed by atoms with Crippen LogP contribution in [0.4, 0.5) is 32.3 Å². The van der Waals surface area contributed by atoms with E-state index in [0.717, 1.165) is 0 Å². The van der Waals surface area contributed by atoms with Gasteiger partial charge in [0.1, 0.15) is 5.69 Å². The van der Waals surface area contributed by atoms with Crippen LogP contribution in [0.3, 0.4) is 0 Å². The molecule has 0 spiro atoms. The monoisotopic (exact) mass is 420 g/mol. The fourth-order valence-electron chi connectivity index (χ4n) is 2.22. The Bertz CT molecular complexity index is 773. The molecule has 2 aromatic rings. The molecular formula is C14H12Cl2F6N4. The maximum absolute atomic E-state index is 13.0. The second kappa shape index (κ2) is 7.15. The first-order chi connectivity index (χ1) is 11.9. The van der Waals surface area contributed by atoms with Crippen LogP contribution in [-0.2, 0) is 12.4 Å². The predicted molar refractivity (Wildman–Crippen MR) is 84.9 cm³/mol. The number of alkyl halides is 6. The highest BCUT2D eigenvalue weighted by Gasteiger charge is 2.39. The smallest absolute Gasteiger partial charge is 0.341 e. The Morgan fingerprint density at radius 1 is 0.962 bits per heavy atom. The van der Waals surface area contributed by atoms with Gasteiger partial charge in [-0.15, -0.1) is 5.10 Å². The lowest BCUT2D eigenvalue weighted by atomic mass is 10.2. The van der Waals surface area contributed by atoms with Crippen molar-refractivity contribution >= 4 is 29.2 Å². The van der Waals surface area contributed by atoms with Crippen LogP contribution in [0.2, 0.25) is 10.0 Å². The van der Waals surface area contributed by atoms with Gasteiger partial charge in [-0.1, -0.05) is 23.2 Å². The number of rotatable bonds is 4. The summed E-state index contributed by atoms with van der Waals surface area (Å²) in [6, 6.07) is 1.15. The molecule has 0 unspecified atom stereocenters. The van der Waals surface area contributed by atoms with Crippen LogP contribution in [0.1, 0.15) is 25.2 Å². The lowest BCUT2D eigenvalue weighted by Gasteiger charge is -2.21. The summed E-state index contributed by atoms with van der Waals surface area (Å²) in [6.45, 7) is 3.90. The molecule has 0 saturated carbocycles. The van der Waals surface area contributed by atoms with Gasteiger partial charge in [0, 0.05) is 13.1 Å². The van der Waals surface area contributed by atoms with E-state index in [9.17, 15) is 26.3 Å². The number of halogens is 8. The Morgan fingerprint density at radius 3 is 1.85 bits per heavy atom. The van der Waals surface area contributed by atoms with E-state index in [2.05, 4.69) is 10.1 Å². The first-order valence-corrected chi connectivity index (χ1v) is 8.01. The SMILES string of the molecule is CCN(CC)c1nc(C(F)(F)F)nn1-c1c(Cl)cc(C(F)(F)F)cc1Cl. The van der Waals surface area contributed by atoms with Crippen LogP contribution in [0.5, 0.6) is 0 Å². The average Bonchev–Trinajstić information content (AvgIpc) is 2.92. The minimum Gasteiger partial charge on any atom is -0.341 e. The van der Waals surface area contributed by atoms with Crippen LogP contribution >= 0.6 is 23.2 Å². The Kier molecular flexibility index (Phi) is 5.67. The van der Waals surface area contributed by atoms with Crippen LogP contribution in [0, 0.1) is 0 Å². The normalized spacial score (nSPS) is 12.5. The third kappa shape index (κ3) is 4.01. The number of benzene rings is 1. The van der Waals surface area contributed by atoms with Crippen LogP contribution in [0.25, 0.3) is 5.69 Å². The molecule has 1 aromatic heterocycles. The molecule has 1 heterocycles. The summed E-state index contributed by atoms with van der Waals surface area (Å²) in [5.74, 6) is -1.68. The molecule has 0 aliphatic rings. The van der Waals surface area contributed by atoms with E-state index in [1.807, 2.05) is 0 Å². The molecule has 0 aliphatic heterocycles. The Morgan fingerprint density at radius 2 is 1.46 bits per heavy atom. The fourth-order valence-corrected chi connectivity index (χ4v) is 2.86. The second-order valence-corrected chi connectivity index (χ2v) is 5.92. The Labute approximate surface area is 154 Å². The maximum atomic E-state index is 13.0. The van der Waals surface area contributed by atoms with Gasteiger partial charge in [-0.2, -0.15) is 36.0 Å². The first kappa shape index (κ1) is 20.6. The zero-order valence-corrected chi connectivity index (χ0v) is 14.9. The lowest BCUT2D eigenvalue weighted by Crippen LogP contribution is -2.25. The van der Waals surface area contributed by atoms with Crippen molar-refractivity contribution in [1.82, 2.24) is 14.8 Å². The van der Waals surface area contributed by atoms with Crippen molar-refractivity contribution in [3.63, 3.8) is 0 Å². The summed E-state index contributed by atoms with van der Waals surface area (Å²) >= 11 is 11.8. The zero-order chi connectivity index (χ0) is 19.9. The number of hydrogen-bond donors (Lipinski definition) is 0. The van der Waals surface area contributed by atoms with E-state index >= 15 is 0 Å². The molecule has 2 rings (SSSR count). The quantitative estimate of drug-likeness (QED) is 0.616. The molecule has 1 aromatic carbocycles. The molecule has 0 amide bonds. The number of nitrogens with zero attached hydrogens (tertiary/aromatic N) is 4. The molecule has 0 fully saturated rings. The first-order valence-electron chi connectivity index (χ1n) is 7.25. The van der Waals surface area contributed by atoms with E-state index < -0.39 is 33.8 Å². The van der Waals surface area contributed by atoms with E-state index in [-0.39, 0.29) is 24.7 Å². The molecule has 0 radical (unpaired) electrons. The third-order valence-corrected chi connectivity index (χ3v) is 4.02. The summed E-state index contributed by atoms with van der Waals surface area (Å²) in [7, 11) is 0. The second-order valence-electron chi connectivity index (χ2n) is 5.10. The third-order valence-electron chi connectivity index (χ3n) is 3.45. The summed E-state index contributed by atoms with van der Waals surface area (Å²) in [5, 5.41) is 2.36. The van der Waals surface area contributed by atoms with Gasteiger partial charge in [-0.3, -0.25) is 0 Å². The molecule has 144 valence electrons. The van der Waals surface area contributed by atoms with Gasteiger partial charge in [0.05, 0.1) is 15.6 Å². The van der Waals surface area contributed by atoms with E-state index in [1.165, 1.54) is 4.90 Å². The molecule has 12 heteroatoms. The highest BCUT2D eigenvalue weighted by Crippen LogP contribution is 2.39. The van der Waals surface area contributed by atoms with Gasteiger partial charge in [0.2, 0.25) is 5.95 Å². The highest BCUT2D eigenvalue weighted by molar-refractivity contribution is 6.37. The van der Waals surface area contributed by atoms with Gasteiger partial charge in [0.15, 0.2) is 0 Å². The standard InChI is InChI=1S/C14H12Cl2F6N4/c1-3-25(4-2)12-23-11(14(20,21)22)24-26(12)10-8(15)5-7(6-9(10)16)13(17,18)19/h5-6H,3-4H2,1-2H3. The van der Waals surface area contributed by atoms with Gasteiger partial charge < -0.3 is 4.90 Å². The van der Waals surface area contributed by atoms with Crippen LogP contribution in [-0.4, -0.2) is 27.9 Å². The van der Waals surface area contributed by atoms with Crippen molar-refractivity contribution < 1.29 is 26.3 Å². The Hall–Kier alpha value is -1.68. The largest absolute Gasteiger partial charge is 0.453 e. The van der Waals surface area contributed by atoms with Gasteiger partial charge in [-0.05, 0) is 26.0 Å². The number of anilines is 1. The number of aromatic nitrogens is 3. The van der Waals surface area contributed by atoms with Crippen molar-refractivity contribution in [3.05, 3.63) is 33.6 Å². The zero-order valence-electron chi connectivity index (χ0n) is 13.4. The molecular weight excluding hydrogens is 409 g/mol. The van der Waals surface area contributed by atoms with Crippen molar-refractivity contribution in [1.29, 1.82) is 0 Å². The van der Waals surface area contributed by atoms with E-state index in [0.29, 0.717) is 16.8 Å². The topological polar surface area (TPSA) is 34.0 Å². The summed E-state index contributed by atoms with van der Waals surface area (Å²) in [4.78, 5) is 4.90. The summed E-state index contributed by atoms with van der Waals surface area (Å²) < 4.78 is 78.3. The highest BCUT2D eigenvalue weighted by atomic mass is 35.5. The molecule has 4 nitrogen and oxygen atoms in total.